The zero-order valence-electron chi connectivity index (χ0n) is 65.5. The van der Waals surface area contributed by atoms with Gasteiger partial charge in [0, 0.05) is 25.7 Å². The number of unbranched alkanes of at least 4 members (excludes halogenated alkanes) is 48. The Balaban J connectivity index is 5.19. The number of phosphoric acid groups is 2. The molecule has 0 saturated heterocycles. The number of hydrogen-bond donors (Lipinski definition) is 3. The fourth-order valence-electron chi connectivity index (χ4n) is 12.5. The lowest BCUT2D eigenvalue weighted by Gasteiger charge is -2.21. The molecular formula is C81H158O17P2. The lowest BCUT2D eigenvalue weighted by molar-refractivity contribution is -0.161. The van der Waals surface area contributed by atoms with Gasteiger partial charge in [-0.05, 0) is 37.5 Å². The summed E-state index contributed by atoms with van der Waals surface area (Å²) >= 11 is 0. The molecule has 7 atom stereocenters. The van der Waals surface area contributed by atoms with Gasteiger partial charge in [-0.2, -0.15) is 0 Å². The Kier molecular flexibility index (Phi) is 71.2. The second-order valence-corrected chi connectivity index (χ2v) is 32.6. The lowest BCUT2D eigenvalue weighted by atomic mass is 9.99. The molecule has 0 saturated carbocycles. The Hall–Kier alpha value is -1.94. The molecule has 0 amide bonds. The highest BCUT2D eigenvalue weighted by Gasteiger charge is 2.30. The smallest absolute Gasteiger partial charge is 0.462 e. The molecule has 0 spiro atoms. The van der Waals surface area contributed by atoms with Crippen LogP contribution in [0.25, 0.3) is 0 Å². The molecule has 3 N–H and O–H groups in total. The molecule has 100 heavy (non-hydrogen) atoms. The zero-order valence-corrected chi connectivity index (χ0v) is 67.3. The minimum absolute atomic E-state index is 0.103. The molecule has 0 bridgehead atoms. The number of carbonyl (C=O) groups excluding carboxylic acids is 4. The van der Waals surface area contributed by atoms with E-state index in [1.54, 1.807) is 0 Å². The van der Waals surface area contributed by atoms with Crippen molar-refractivity contribution in [1.29, 1.82) is 0 Å². The molecule has 0 aromatic rings. The van der Waals surface area contributed by atoms with Crippen molar-refractivity contribution in [1.82, 2.24) is 0 Å². The van der Waals surface area contributed by atoms with Crippen molar-refractivity contribution in [3.05, 3.63) is 0 Å². The van der Waals surface area contributed by atoms with Gasteiger partial charge in [0.05, 0.1) is 26.4 Å². The third kappa shape index (κ3) is 71.7. The van der Waals surface area contributed by atoms with Crippen molar-refractivity contribution in [2.75, 3.05) is 39.6 Å². The number of ether oxygens (including phenoxy) is 4. The van der Waals surface area contributed by atoms with Crippen molar-refractivity contribution >= 4 is 39.5 Å². The van der Waals surface area contributed by atoms with Crippen LogP contribution in [0.3, 0.4) is 0 Å². The number of hydrogen-bond acceptors (Lipinski definition) is 15. The molecule has 19 heteroatoms. The predicted octanol–water partition coefficient (Wildman–Crippen LogP) is 24.3. The molecule has 0 aliphatic carbocycles. The Bertz CT molecular complexity index is 1930. The maximum Gasteiger partial charge on any atom is 0.472 e. The summed E-state index contributed by atoms with van der Waals surface area (Å²) in [6, 6.07) is 0. The van der Waals surface area contributed by atoms with Crippen molar-refractivity contribution in [3.63, 3.8) is 0 Å². The van der Waals surface area contributed by atoms with E-state index >= 15 is 0 Å². The Labute approximate surface area is 613 Å². The highest BCUT2D eigenvalue weighted by Crippen LogP contribution is 2.45. The van der Waals surface area contributed by atoms with Crippen molar-refractivity contribution in [2.45, 2.75) is 445 Å². The largest absolute Gasteiger partial charge is 0.472 e. The summed E-state index contributed by atoms with van der Waals surface area (Å²) in [5, 5.41) is 10.6. The van der Waals surface area contributed by atoms with Crippen LogP contribution in [-0.4, -0.2) is 96.7 Å². The highest BCUT2D eigenvalue weighted by molar-refractivity contribution is 7.47. The minimum Gasteiger partial charge on any atom is -0.462 e. The van der Waals surface area contributed by atoms with E-state index in [1.807, 2.05) is 0 Å². The first-order valence-corrected chi connectivity index (χ1v) is 45.1. The van der Waals surface area contributed by atoms with E-state index in [4.69, 9.17) is 37.0 Å². The molecule has 594 valence electrons. The quantitative estimate of drug-likeness (QED) is 0.0222. The average Bonchev–Trinajstić information content (AvgIpc) is 0.912. The third-order valence-electron chi connectivity index (χ3n) is 19.7. The molecular weight excluding hydrogens is 1310 g/mol. The molecule has 0 aliphatic heterocycles. The Morgan fingerprint density at radius 1 is 0.280 bits per heavy atom. The molecule has 0 fully saturated rings. The Morgan fingerprint density at radius 3 is 0.710 bits per heavy atom. The molecule has 17 nitrogen and oxygen atoms in total. The summed E-state index contributed by atoms with van der Waals surface area (Å²) in [6.07, 6.45) is 62.6. The van der Waals surface area contributed by atoms with Gasteiger partial charge >= 0.3 is 39.5 Å². The predicted molar refractivity (Wildman–Crippen MR) is 409 cm³/mol. The monoisotopic (exact) mass is 1470 g/mol. The maximum atomic E-state index is 13.1. The fraction of sp³-hybridized carbons (Fsp3) is 0.951. The zero-order chi connectivity index (χ0) is 73.5. The molecule has 0 aromatic heterocycles. The minimum atomic E-state index is -4.96. The second kappa shape index (κ2) is 72.6. The average molecular weight is 1470 g/mol. The molecule has 0 aromatic carbocycles. The van der Waals surface area contributed by atoms with Gasteiger partial charge in [-0.1, -0.05) is 375 Å². The van der Waals surface area contributed by atoms with Crippen LogP contribution in [0.1, 0.15) is 427 Å². The summed E-state index contributed by atoms with van der Waals surface area (Å²) in [5.74, 6) is -0.544. The van der Waals surface area contributed by atoms with E-state index in [0.29, 0.717) is 25.7 Å². The summed E-state index contributed by atoms with van der Waals surface area (Å²) in [7, 11) is -9.92. The van der Waals surface area contributed by atoms with E-state index in [-0.39, 0.29) is 25.7 Å². The fourth-order valence-corrected chi connectivity index (χ4v) is 14.1. The number of esters is 4. The number of rotatable bonds is 80. The van der Waals surface area contributed by atoms with Crippen LogP contribution >= 0.6 is 15.6 Å². The van der Waals surface area contributed by atoms with E-state index in [9.17, 15) is 43.2 Å². The third-order valence-corrected chi connectivity index (χ3v) is 21.6. The second-order valence-electron chi connectivity index (χ2n) is 29.6. The SMILES string of the molecule is CCCCCCCCCCCCCCCCCCCCCCCCC(=O)O[C@H](COC(=O)CCCCCCCCCCCCCCCCC(C)CC)COP(=O)(O)OC[C@@H](O)COP(=O)(O)OC[C@@H](COC(=O)CCCCCCCCCCCC)OC(=O)CCCCCCCCC(C)CC. The normalized spacial score (nSPS) is 14.4. The lowest BCUT2D eigenvalue weighted by Crippen LogP contribution is -2.30. The first-order chi connectivity index (χ1) is 48.4. The summed E-state index contributed by atoms with van der Waals surface area (Å²) < 4.78 is 68.6. The molecule has 0 radical (unpaired) electrons. The van der Waals surface area contributed by atoms with Gasteiger partial charge in [0.1, 0.15) is 19.3 Å². The first-order valence-electron chi connectivity index (χ1n) is 42.1. The summed E-state index contributed by atoms with van der Waals surface area (Å²) in [4.78, 5) is 72.9. The van der Waals surface area contributed by atoms with Crippen molar-refractivity contribution in [3.8, 4) is 0 Å². The molecule has 0 heterocycles. The summed E-state index contributed by atoms with van der Waals surface area (Å²) in [6.45, 7) is 9.62. The van der Waals surface area contributed by atoms with E-state index in [1.165, 1.54) is 244 Å². The number of aliphatic hydroxyl groups excluding tert-OH is 1. The van der Waals surface area contributed by atoms with Crippen LogP contribution in [0.2, 0.25) is 0 Å². The number of aliphatic hydroxyl groups is 1. The summed E-state index contributed by atoms with van der Waals surface area (Å²) in [5.41, 5.74) is 0. The van der Waals surface area contributed by atoms with Gasteiger partial charge in [-0.15, -0.1) is 0 Å². The van der Waals surface area contributed by atoms with Crippen molar-refractivity contribution < 1.29 is 80.2 Å². The van der Waals surface area contributed by atoms with E-state index in [2.05, 4.69) is 41.5 Å². The van der Waals surface area contributed by atoms with Gasteiger partial charge in [0.15, 0.2) is 12.2 Å². The Morgan fingerprint density at radius 2 is 0.480 bits per heavy atom. The van der Waals surface area contributed by atoms with Gasteiger partial charge in [0.25, 0.3) is 0 Å². The van der Waals surface area contributed by atoms with Gasteiger partial charge in [-0.3, -0.25) is 37.3 Å². The van der Waals surface area contributed by atoms with E-state index < -0.39 is 97.5 Å². The standard InChI is InChI=1S/C81H158O17P2/c1-7-11-13-15-17-19-21-22-23-24-25-26-27-28-29-30-35-38-42-46-53-59-65-80(85)97-76(69-91-79(84)64-58-52-45-41-37-34-32-31-33-36-39-43-49-55-61-73(5)9-3)71-95-99(87,88)93-67-75(82)68-94-100(89,90)96-72-77(98-81(86)66-60-54-48-47-50-56-62-74(6)10-4)70-92-78(83)63-57-51-44-40-20-18-16-14-12-8-2/h73-77,82H,7-72H2,1-6H3,(H,87,88)(H,89,90)/t73?,74?,75-,76-,77-/m1/s1. The van der Waals surface area contributed by atoms with Crippen molar-refractivity contribution in [2.24, 2.45) is 11.8 Å². The van der Waals surface area contributed by atoms with Crippen LogP contribution < -0.4 is 0 Å². The number of carbonyl (C=O) groups is 4. The van der Waals surface area contributed by atoms with Gasteiger partial charge in [0.2, 0.25) is 0 Å². The highest BCUT2D eigenvalue weighted by atomic mass is 31.2. The van der Waals surface area contributed by atoms with Crippen LogP contribution in [0.4, 0.5) is 0 Å². The van der Waals surface area contributed by atoms with Gasteiger partial charge < -0.3 is 33.8 Å². The van der Waals surface area contributed by atoms with Crippen LogP contribution in [0, 0.1) is 11.8 Å². The maximum absolute atomic E-state index is 13.1. The number of phosphoric ester groups is 2. The van der Waals surface area contributed by atoms with Crippen LogP contribution in [0.15, 0.2) is 0 Å². The molecule has 0 aliphatic rings. The van der Waals surface area contributed by atoms with E-state index in [0.717, 1.165) is 102 Å². The van der Waals surface area contributed by atoms with Crippen LogP contribution in [-0.2, 0) is 65.4 Å². The van der Waals surface area contributed by atoms with Gasteiger partial charge in [-0.25, -0.2) is 9.13 Å². The topological polar surface area (TPSA) is 237 Å². The molecule has 4 unspecified atom stereocenters. The van der Waals surface area contributed by atoms with Crippen LogP contribution in [0.5, 0.6) is 0 Å². The first kappa shape index (κ1) is 98.1. The molecule has 0 rings (SSSR count).